The number of amides is 1. The van der Waals surface area contributed by atoms with Gasteiger partial charge in [-0.1, -0.05) is 0 Å². The molecule has 0 atom stereocenters. The monoisotopic (exact) mass is 384 g/mol. The summed E-state index contributed by atoms with van der Waals surface area (Å²) < 4.78 is 30.1. The summed E-state index contributed by atoms with van der Waals surface area (Å²) in [6, 6.07) is 4.30. The molecule has 0 aliphatic carbocycles. The average Bonchev–Trinajstić information content (AvgIpc) is 2.55. The van der Waals surface area contributed by atoms with E-state index in [1.807, 2.05) is 13.8 Å². The number of rotatable bonds is 6. The molecule has 1 aliphatic rings. The van der Waals surface area contributed by atoms with Crippen LogP contribution in [0.2, 0.25) is 0 Å². The largest absolute Gasteiger partial charge is 0.489 e. The van der Waals surface area contributed by atoms with Gasteiger partial charge in [0.1, 0.15) is 5.75 Å². The Kier molecular flexibility index (Phi) is 6.25. The minimum absolute atomic E-state index is 0.0447. The standard InChI is InChI=1S/C17H24N2O6S/c1-11(2)25-15-5-4-13(17(21)22)10-14(15)18-16(20)12-6-8-19(9-7-12)26(3,23)24/h4-5,10-12H,6-9H2,1-3H3,(H,18,20)(H,21,22). The lowest BCUT2D eigenvalue weighted by molar-refractivity contribution is -0.120. The second-order valence-corrected chi connectivity index (χ2v) is 8.59. The van der Waals surface area contributed by atoms with Gasteiger partial charge in [0.15, 0.2) is 0 Å². The predicted molar refractivity (Wildman–Crippen MR) is 96.9 cm³/mol. The molecule has 0 radical (unpaired) electrons. The van der Waals surface area contributed by atoms with Gasteiger partial charge in [0.25, 0.3) is 0 Å². The van der Waals surface area contributed by atoms with Crippen LogP contribution in [0.4, 0.5) is 5.69 Å². The minimum Gasteiger partial charge on any atom is -0.489 e. The fourth-order valence-corrected chi connectivity index (χ4v) is 3.68. The highest BCUT2D eigenvalue weighted by Crippen LogP contribution is 2.29. The van der Waals surface area contributed by atoms with Gasteiger partial charge < -0.3 is 15.2 Å². The zero-order valence-electron chi connectivity index (χ0n) is 15.1. The van der Waals surface area contributed by atoms with E-state index in [9.17, 15) is 18.0 Å². The van der Waals surface area contributed by atoms with E-state index in [0.29, 0.717) is 37.4 Å². The number of carboxylic acids is 1. The Morgan fingerprint density at radius 3 is 2.38 bits per heavy atom. The maximum atomic E-state index is 12.6. The molecule has 1 heterocycles. The number of anilines is 1. The van der Waals surface area contributed by atoms with Crippen molar-refractivity contribution in [3.63, 3.8) is 0 Å². The number of carbonyl (C=O) groups is 2. The second kappa shape index (κ2) is 8.05. The average molecular weight is 384 g/mol. The number of hydrogen-bond acceptors (Lipinski definition) is 5. The molecule has 0 unspecified atom stereocenters. The predicted octanol–water partition coefficient (Wildman–Crippen LogP) is 1.78. The van der Waals surface area contributed by atoms with Crippen LogP contribution >= 0.6 is 0 Å². The van der Waals surface area contributed by atoms with Gasteiger partial charge in [-0.3, -0.25) is 4.79 Å². The molecule has 9 heteroatoms. The Hall–Kier alpha value is -2.13. The molecule has 144 valence electrons. The molecule has 1 aromatic rings. The van der Waals surface area contributed by atoms with Crippen LogP contribution in [0.5, 0.6) is 5.75 Å². The quantitative estimate of drug-likeness (QED) is 0.773. The van der Waals surface area contributed by atoms with E-state index in [2.05, 4.69) is 5.32 Å². The molecular weight excluding hydrogens is 360 g/mol. The first-order valence-corrected chi connectivity index (χ1v) is 10.2. The van der Waals surface area contributed by atoms with E-state index >= 15 is 0 Å². The van der Waals surface area contributed by atoms with Crippen molar-refractivity contribution in [3.8, 4) is 5.75 Å². The molecular formula is C17H24N2O6S. The number of carbonyl (C=O) groups excluding carboxylic acids is 1. The van der Waals surface area contributed by atoms with Crippen molar-refractivity contribution in [1.82, 2.24) is 4.31 Å². The summed E-state index contributed by atoms with van der Waals surface area (Å²) in [4.78, 5) is 23.7. The Bertz CT molecular complexity index is 782. The molecule has 0 saturated carbocycles. The Morgan fingerprint density at radius 1 is 1.27 bits per heavy atom. The fourth-order valence-electron chi connectivity index (χ4n) is 2.80. The maximum Gasteiger partial charge on any atom is 0.335 e. The van der Waals surface area contributed by atoms with Crippen LogP contribution in [0.25, 0.3) is 0 Å². The molecule has 0 spiro atoms. The first-order chi connectivity index (χ1) is 12.1. The Morgan fingerprint density at radius 2 is 1.88 bits per heavy atom. The third-order valence-corrected chi connectivity index (χ3v) is 5.44. The molecule has 0 aromatic heterocycles. The highest BCUT2D eigenvalue weighted by molar-refractivity contribution is 7.88. The molecule has 1 aromatic carbocycles. The summed E-state index contributed by atoms with van der Waals surface area (Å²) in [5, 5.41) is 11.9. The van der Waals surface area contributed by atoms with Crippen LogP contribution in [0.3, 0.4) is 0 Å². The molecule has 2 N–H and O–H groups in total. The number of sulfonamides is 1. The molecule has 1 amide bonds. The lowest BCUT2D eigenvalue weighted by atomic mass is 9.97. The van der Waals surface area contributed by atoms with Crippen molar-refractivity contribution in [2.75, 3.05) is 24.7 Å². The lowest BCUT2D eigenvalue weighted by Crippen LogP contribution is -2.40. The Labute approximate surface area is 153 Å². The Balaban J connectivity index is 2.12. The highest BCUT2D eigenvalue weighted by Gasteiger charge is 2.29. The van der Waals surface area contributed by atoms with Gasteiger partial charge in [-0.2, -0.15) is 0 Å². The van der Waals surface area contributed by atoms with Crippen LogP contribution in [0.1, 0.15) is 37.0 Å². The SMILES string of the molecule is CC(C)Oc1ccc(C(=O)O)cc1NC(=O)C1CCN(S(C)(=O)=O)CC1. The topological polar surface area (TPSA) is 113 Å². The second-order valence-electron chi connectivity index (χ2n) is 6.61. The van der Waals surface area contributed by atoms with E-state index in [4.69, 9.17) is 9.84 Å². The van der Waals surface area contributed by atoms with Crippen molar-refractivity contribution in [2.24, 2.45) is 5.92 Å². The molecule has 2 rings (SSSR count). The molecule has 0 bridgehead atoms. The molecule has 26 heavy (non-hydrogen) atoms. The number of hydrogen-bond donors (Lipinski definition) is 2. The number of aromatic carboxylic acids is 1. The molecule has 1 saturated heterocycles. The first-order valence-electron chi connectivity index (χ1n) is 8.38. The summed E-state index contributed by atoms with van der Waals surface area (Å²) in [6.07, 6.45) is 1.84. The van der Waals surface area contributed by atoms with E-state index in [-0.39, 0.29) is 23.5 Å². The van der Waals surface area contributed by atoms with Crippen molar-refractivity contribution in [1.29, 1.82) is 0 Å². The lowest BCUT2D eigenvalue weighted by Gasteiger charge is -2.29. The summed E-state index contributed by atoms with van der Waals surface area (Å²) in [5.74, 6) is -1.31. The molecule has 1 aliphatic heterocycles. The number of benzene rings is 1. The van der Waals surface area contributed by atoms with Gasteiger partial charge in [-0.25, -0.2) is 17.5 Å². The minimum atomic E-state index is -3.25. The van der Waals surface area contributed by atoms with Crippen LogP contribution in [-0.2, 0) is 14.8 Å². The van der Waals surface area contributed by atoms with Gasteiger partial charge in [0.05, 0.1) is 23.6 Å². The molecule has 1 fully saturated rings. The van der Waals surface area contributed by atoms with Gasteiger partial charge in [0, 0.05) is 19.0 Å². The summed E-state index contributed by atoms with van der Waals surface area (Å²) in [6.45, 7) is 4.25. The summed E-state index contributed by atoms with van der Waals surface area (Å²) >= 11 is 0. The fraction of sp³-hybridized carbons (Fsp3) is 0.529. The van der Waals surface area contributed by atoms with Crippen LogP contribution < -0.4 is 10.1 Å². The first kappa shape index (κ1) is 20.2. The number of carboxylic acid groups (broad SMARTS) is 1. The zero-order valence-corrected chi connectivity index (χ0v) is 15.9. The zero-order chi connectivity index (χ0) is 19.5. The normalized spacial score (nSPS) is 16.5. The van der Waals surface area contributed by atoms with Gasteiger partial charge in [-0.05, 0) is 44.9 Å². The maximum absolute atomic E-state index is 12.6. The smallest absolute Gasteiger partial charge is 0.335 e. The van der Waals surface area contributed by atoms with Gasteiger partial charge in [0.2, 0.25) is 15.9 Å². The van der Waals surface area contributed by atoms with Crippen molar-refractivity contribution in [3.05, 3.63) is 23.8 Å². The highest BCUT2D eigenvalue weighted by atomic mass is 32.2. The number of ether oxygens (including phenoxy) is 1. The molecule has 8 nitrogen and oxygen atoms in total. The third-order valence-electron chi connectivity index (χ3n) is 4.14. The number of nitrogens with one attached hydrogen (secondary N) is 1. The third kappa shape index (κ3) is 5.18. The van der Waals surface area contributed by atoms with Gasteiger partial charge in [-0.15, -0.1) is 0 Å². The van der Waals surface area contributed by atoms with Crippen molar-refractivity contribution >= 4 is 27.6 Å². The van der Waals surface area contributed by atoms with Crippen LogP contribution in [0, 0.1) is 5.92 Å². The van der Waals surface area contributed by atoms with E-state index in [0.717, 1.165) is 6.26 Å². The van der Waals surface area contributed by atoms with Crippen molar-refractivity contribution < 1.29 is 27.9 Å². The summed E-state index contributed by atoms with van der Waals surface area (Å²) in [7, 11) is -3.25. The van der Waals surface area contributed by atoms with Crippen molar-refractivity contribution in [2.45, 2.75) is 32.8 Å². The number of piperidine rings is 1. The summed E-state index contributed by atoms with van der Waals surface area (Å²) in [5.41, 5.74) is 0.345. The van der Waals surface area contributed by atoms with Crippen LogP contribution in [-0.4, -0.2) is 55.2 Å². The van der Waals surface area contributed by atoms with E-state index < -0.39 is 16.0 Å². The van der Waals surface area contributed by atoms with E-state index in [1.54, 1.807) is 0 Å². The van der Waals surface area contributed by atoms with Crippen LogP contribution in [0.15, 0.2) is 18.2 Å². The van der Waals surface area contributed by atoms with Gasteiger partial charge >= 0.3 is 5.97 Å². The van der Waals surface area contributed by atoms with E-state index in [1.165, 1.54) is 22.5 Å². The number of nitrogens with zero attached hydrogens (tertiary/aromatic N) is 1.